The lowest BCUT2D eigenvalue weighted by molar-refractivity contribution is -0.191. The smallest absolute Gasteiger partial charge is 0.186 e. The number of hydrogen-bond acceptors (Lipinski definition) is 3. The van der Waals surface area contributed by atoms with Gasteiger partial charge in [-0.1, -0.05) is 35.9 Å². The third kappa shape index (κ3) is 1.86. The van der Waals surface area contributed by atoms with Crippen LogP contribution in [0.15, 0.2) is 30.5 Å². The molecule has 2 aliphatic rings. The fourth-order valence-corrected chi connectivity index (χ4v) is 4.03. The molecule has 3 atom stereocenters. The Morgan fingerprint density at radius 1 is 1.48 bits per heavy atom. The van der Waals surface area contributed by atoms with Crippen LogP contribution in [0.25, 0.3) is 0 Å². The van der Waals surface area contributed by atoms with Crippen LogP contribution < -0.4 is 0 Å². The number of aliphatic hydroxyl groups excluding tert-OH is 1. The number of rotatable bonds is 3. The minimum Gasteiger partial charge on any atom is -0.364 e. The van der Waals surface area contributed by atoms with Crippen molar-refractivity contribution in [2.45, 2.75) is 37.1 Å². The van der Waals surface area contributed by atoms with Gasteiger partial charge in [-0.25, -0.2) is 0 Å². The Morgan fingerprint density at radius 3 is 3.05 bits per heavy atom. The summed E-state index contributed by atoms with van der Waals surface area (Å²) >= 11 is 6.15. The Labute approximate surface area is 128 Å². The van der Waals surface area contributed by atoms with Crippen molar-refractivity contribution >= 4 is 11.6 Å². The average molecular weight is 305 g/mol. The van der Waals surface area contributed by atoms with Gasteiger partial charge in [-0.3, -0.25) is 4.68 Å². The zero-order valence-electron chi connectivity index (χ0n) is 11.8. The van der Waals surface area contributed by atoms with Gasteiger partial charge < -0.3 is 9.84 Å². The molecule has 2 aromatic rings. The maximum atomic E-state index is 10.5. The molecule has 2 bridgehead atoms. The van der Waals surface area contributed by atoms with E-state index in [1.54, 1.807) is 13.2 Å². The standard InChI is InChI=1S/C16H17ClN2O2/c1-19-14(17)12(9-18-19)15(20)21-16-7-6-10(8-16)11-4-2-3-5-13(11)16/h2-5,9-10,15,20H,6-8H2,1H3. The van der Waals surface area contributed by atoms with Crippen LogP contribution in [0.3, 0.4) is 0 Å². The van der Waals surface area contributed by atoms with Gasteiger partial charge in [0.25, 0.3) is 0 Å². The van der Waals surface area contributed by atoms with Gasteiger partial charge in [0.2, 0.25) is 0 Å². The van der Waals surface area contributed by atoms with Gasteiger partial charge in [0.15, 0.2) is 6.29 Å². The van der Waals surface area contributed by atoms with Crippen LogP contribution in [0, 0.1) is 0 Å². The van der Waals surface area contributed by atoms with Crippen LogP contribution in [0.1, 0.15) is 48.2 Å². The lowest BCUT2D eigenvalue weighted by atomic mass is 9.89. The molecule has 4 nitrogen and oxygen atoms in total. The Hall–Kier alpha value is -1.36. The van der Waals surface area contributed by atoms with E-state index in [-0.39, 0.29) is 5.60 Å². The summed E-state index contributed by atoms with van der Waals surface area (Å²) in [6, 6.07) is 8.40. The van der Waals surface area contributed by atoms with Crippen molar-refractivity contribution in [3.8, 4) is 0 Å². The molecule has 1 fully saturated rings. The highest BCUT2D eigenvalue weighted by molar-refractivity contribution is 6.30. The van der Waals surface area contributed by atoms with Gasteiger partial charge in [0.05, 0.1) is 17.4 Å². The van der Waals surface area contributed by atoms with E-state index < -0.39 is 6.29 Å². The van der Waals surface area contributed by atoms with Gasteiger partial charge in [-0.15, -0.1) is 0 Å². The molecule has 4 rings (SSSR count). The van der Waals surface area contributed by atoms with E-state index in [0.717, 1.165) is 19.3 Å². The summed E-state index contributed by atoms with van der Waals surface area (Å²) in [6.07, 6.45) is 3.53. The highest BCUT2D eigenvalue weighted by Crippen LogP contribution is 2.58. The van der Waals surface area contributed by atoms with Gasteiger partial charge >= 0.3 is 0 Å². The number of aromatic nitrogens is 2. The second-order valence-corrected chi connectivity index (χ2v) is 6.36. The Morgan fingerprint density at radius 2 is 2.29 bits per heavy atom. The third-order valence-corrected chi connectivity index (χ3v) is 5.32. The van der Waals surface area contributed by atoms with Crippen molar-refractivity contribution in [3.05, 3.63) is 52.3 Å². The number of halogens is 1. The molecule has 1 aromatic heterocycles. The minimum atomic E-state index is -1.05. The second-order valence-electron chi connectivity index (χ2n) is 6.01. The minimum absolute atomic E-state index is 0.375. The molecule has 2 aliphatic carbocycles. The molecular formula is C16H17ClN2O2. The molecule has 0 saturated heterocycles. The summed E-state index contributed by atoms with van der Waals surface area (Å²) in [4.78, 5) is 0. The van der Waals surface area contributed by atoms with Gasteiger partial charge in [-0.2, -0.15) is 5.10 Å². The monoisotopic (exact) mass is 304 g/mol. The molecule has 0 radical (unpaired) electrons. The lowest BCUT2D eigenvalue weighted by Gasteiger charge is -2.31. The average Bonchev–Trinajstić information content (AvgIpc) is 3.13. The van der Waals surface area contributed by atoms with E-state index >= 15 is 0 Å². The molecule has 21 heavy (non-hydrogen) atoms. The number of hydrogen-bond donors (Lipinski definition) is 1. The Balaban J connectivity index is 1.67. The van der Waals surface area contributed by atoms with Gasteiger partial charge in [0.1, 0.15) is 5.15 Å². The number of nitrogens with zero attached hydrogens (tertiary/aromatic N) is 2. The normalized spacial score (nSPS) is 27.9. The van der Waals surface area contributed by atoms with Crippen molar-refractivity contribution in [2.75, 3.05) is 0 Å². The van der Waals surface area contributed by atoms with Crippen LogP contribution in [0.2, 0.25) is 5.15 Å². The number of aliphatic hydroxyl groups is 1. The maximum Gasteiger partial charge on any atom is 0.186 e. The second kappa shape index (κ2) is 4.57. The number of fused-ring (bicyclic) bond motifs is 5. The molecule has 1 N–H and O–H groups in total. The zero-order valence-corrected chi connectivity index (χ0v) is 12.5. The fourth-order valence-electron chi connectivity index (χ4n) is 3.84. The van der Waals surface area contributed by atoms with Crippen molar-refractivity contribution in [3.63, 3.8) is 0 Å². The molecule has 0 spiro atoms. The Kier molecular flexibility index (Phi) is 2.89. The molecule has 0 aliphatic heterocycles. The molecule has 1 heterocycles. The summed E-state index contributed by atoms with van der Waals surface area (Å²) in [5, 5.41) is 14.9. The van der Waals surface area contributed by atoms with E-state index in [9.17, 15) is 5.11 Å². The molecule has 0 amide bonds. The molecule has 110 valence electrons. The van der Waals surface area contributed by atoms with Crippen molar-refractivity contribution in [1.82, 2.24) is 9.78 Å². The predicted molar refractivity (Wildman–Crippen MR) is 79.0 cm³/mol. The van der Waals surface area contributed by atoms with Crippen LogP contribution >= 0.6 is 11.6 Å². The number of ether oxygens (including phenoxy) is 1. The van der Waals surface area contributed by atoms with Crippen LogP contribution in [-0.4, -0.2) is 14.9 Å². The third-order valence-electron chi connectivity index (χ3n) is 4.86. The molecule has 1 saturated carbocycles. The Bertz CT molecular complexity index is 699. The first-order chi connectivity index (χ1) is 10.1. The first kappa shape index (κ1) is 13.3. The first-order valence-corrected chi connectivity index (χ1v) is 7.61. The number of benzene rings is 1. The summed E-state index contributed by atoms with van der Waals surface area (Å²) in [7, 11) is 1.74. The van der Waals surface area contributed by atoms with Crippen LogP contribution in [0.5, 0.6) is 0 Å². The topological polar surface area (TPSA) is 47.3 Å². The van der Waals surface area contributed by atoms with E-state index in [4.69, 9.17) is 16.3 Å². The van der Waals surface area contributed by atoms with Crippen molar-refractivity contribution in [1.29, 1.82) is 0 Å². The highest BCUT2D eigenvalue weighted by Gasteiger charge is 2.51. The number of aryl methyl sites for hydroxylation is 1. The molecule has 3 unspecified atom stereocenters. The van der Waals surface area contributed by atoms with Gasteiger partial charge in [0, 0.05) is 7.05 Å². The van der Waals surface area contributed by atoms with Gasteiger partial charge in [-0.05, 0) is 36.3 Å². The van der Waals surface area contributed by atoms with Crippen LogP contribution in [-0.2, 0) is 17.4 Å². The van der Waals surface area contributed by atoms with Crippen molar-refractivity contribution in [2.24, 2.45) is 7.05 Å². The van der Waals surface area contributed by atoms with E-state index in [0.29, 0.717) is 16.6 Å². The quantitative estimate of drug-likeness (QED) is 0.885. The summed E-state index contributed by atoms with van der Waals surface area (Å²) in [5.41, 5.74) is 2.75. The summed E-state index contributed by atoms with van der Waals surface area (Å²) in [6.45, 7) is 0. The molecule has 1 aromatic carbocycles. The van der Waals surface area contributed by atoms with Crippen molar-refractivity contribution < 1.29 is 9.84 Å². The van der Waals surface area contributed by atoms with E-state index in [2.05, 4.69) is 23.3 Å². The predicted octanol–water partition coefficient (Wildman–Crippen LogP) is 3.26. The molecular weight excluding hydrogens is 288 g/mol. The highest BCUT2D eigenvalue weighted by atomic mass is 35.5. The largest absolute Gasteiger partial charge is 0.364 e. The first-order valence-electron chi connectivity index (χ1n) is 7.23. The lowest BCUT2D eigenvalue weighted by Crippen LogP contribution is -2.27. The maximum absolute atomic E-state index is 10.5. The van der Waals surface area contributed by atoms with E-state index in [1.807, 2.05) is 6.07 Å². The van der Waals surface area contributed by atoms with E-state index in [1.165, 1.54) is 15.8 Å². The SMILES string of the molecule is Cn1ncc(C(O)OC23CCC(C2)c2ccccc23)c1Cl. The fraction of sp³-hybridized carbons (Fsp3) is 0.438. The summed E-state index contributed by atoms with van der Waals surface area (Å²) < 4.78 is 7.64. The summed E-state index contributed by atoms with van der Waals surface area (Å²) in [5.74, 6) is 0.553. The van der Waals surface area contributed by atoms with Crippen LogP contribution in [0.4, 0.5) is 0 Å². The zero-order chi connectivity index (χ0) is 14.6. The molecule has 5 heteroatoms.